The molecule has 0 aliphatic carbocycles. The molecular formula is C22H26N4O3S. The van der Waals surface area contributed by atoms with E-state index in [1.54, 1.807) is 4.90 Å². The van der Waals surface area contributed by atoms with Crippen LogP contribution in [0.3, 0.4) is 0 Å². The summed E-state index contributed by atoms with van der Waals surface area (Å²) in [4.78, 5) is 34.4. The Balaban J connectivity index is 1.35. The highest BCUT2D eigenvalue weighted by Gasteiger charge is 2.30. The Morgan fingerprint density at radius 1 is 1.23 bits per heavy atom. The molecule has 2 N–H and O–H groups in total. The van der Waals surface area contributed by atoms with Gasteiger partial charge in [0, 0.05) is 47.1 Å². The Hall–Kier alpha value is -2.87. The maximum atomic E-state index is 12.7. The number of likely N-dealkylation sites (tertiary alicyclic amines) is 1. The smallest absolute Gasteiger partial charge is 0.410 e. The molecule has 1 aliphatic rings. The van der Waals surface area contributed by atoms with Crippen LogP contribution < -0.4 is 5.32 Å². The van der Waals surface area contributed by atoms with E-state index in [0.717, 1.165) is 22.2 Å². The van der Waals surface area contributed by atoms with Gasteiger partial charge in [0.2, 0.25) is 5.91 Å². The number of carbonyl (C=O) groups excluding carboxylic acids is 2. The molecule has 4 rings (SSSR count). The molecule has 158 valence electrons. The monoisotopic (exact) mass is 426 g/mol. The zero-order valence-corrected chi connectivity index (χ0v) is 18.2. The number of nitrogens with one attached hydrogen (secondary N) is 2. The average molecular weight is 427 g/mol. The molecule has 3 aromatic rings. The number of thiazole rings is 1. The molecule has 1 fully saturated rings. The van der Waals surface area contributed by atoms with Gasteiger partial charge in [-0.05, 0) is 39.7 Å². The van der Waals surface area contributed by atoms with Crippen LogP contribution in [0.15, 0.2) is 35.8 Å². The number of piperidine rings is 1. The third kappa shape index (κ3) is 4.48. The van der Waals surface area contributed by atoms with Crippen LogP contribution in [-0.2, 0) is 9.53 Å². The summed E-state index contributed by atoms with van der Waals surface area (Å²) >= 11 is 1.42. The van der Waals surface area contributed by atoms with Crippen LogP contribution in [0, 0.1) is 5.92 Å². The quantitative estimate of drug-likeness (QED) is 0.625. The van der Waals surface area contributed by atoms with Gasteiger partial charge in [0.25, 0.3) is 0 Å². The molecule has 0 unspecified atom stereocenters. The Morgan fingerprint density at radius 2 is 1.97 bits per heavy atom. The van der Waals surface area contributed by atoms with Gasteiger partial charge < -0.3 is 19.9 Å². The number of rotatable bonds is 3. The lowest BCUT2D eigenvalue weighted by Crippen LogP contribution is -2.43. The summed E-state index contributed by atoms with van der Waals surface area (Å²) in [6.07, 6.45) is 2.86. The second-order valence-electron chi connectivity index (χ2n) is 8.52. The third-order valence-corrected chi connectivity index (χ3v) is 5.87. The number of hydrogen-bond donors (Lipinski definition) is 2. The molecule has 1 saturated heterocycles. The van der Waals surface area contributed by atoms with Gasteiger partial charge in [-0.15, -0.1) is 11.3 Å². The molecule has 2 amide bonds. The van der Waals surface area contributed by atoms with Gasteiger partial charge in [0.15, 0.2) is 5.13 Å². The Labute approximate surface area is 179 Å². The van der Waals surface area contributed by atoms with Crippen molar-refractivity contribution in [3.8, 4) is 11.3 Å². The first-order valence-electron chi connectivity index (χ1n) is 10.1. The topological polar surface area (TPSA) is 87.3 Å². The average Bonchev–Trinajstić information content (AvgIpc) is 3.33. The maximum absolute atomic E-state index is 12.7. The largest absolute Gasteiger partial charge is 0.444 e. The second kappa shape index (κ2) is 8.10. The first-order valence-corrected chi connectivity index (χ1v) is 11.0. The number of aromatic nitrogens is 2. The molecule has 1 aliphatic heterocycles. The molecule has 7 nitrogen and oxygen atoms in total. The van der Waals surface area contributed by atoms with E-state index in [0.29, 0.717) is 31.1 Å². The fourth-order valence-electron chi connectivity index (χ4n) is 3.60. The van der Waals surface area contributed by atoms with Crippen molar-refractivity contribution in [3.05, 3.63) is 35.8 Å². The number of hydrogen-bond acceptors (Lipinski definition) is 5. The molecule has 1 aromatic carbocycles. The number of fused-ring (bicyclic) bond motifs is 1. The summed E-state index contributed by atoms with van der Waals surface area (Å²) in [6.45, 7) is 6.59. The molecule has 0 radical (unpaired) electrons. The van der Waals surface area contributed by atoms with Crippen LogP contribution in [0.1, 0.15) is 33.6 Å². The van der Waals surface area contributed by atoms with Crippen LogP contribution in [0.4, 0.5) is 9.93 Å². The van der Waals surface area contributed by atoms with Crippen LogP contribution in [0.5, 0.6) is 0 Å². The van der Waals surface area contributed by atoms with Gasteiger partial charge in [-0.25, -0.2) is 9.78 Å². The molecule has 3 heterocycles. The number of amides is 2. The number of para-hydroxylation sites is 1. The SMILES string of the molecule is CC(C)(C)OC(=O)N1CCC(C(=O)Nc2nc(-c3c[nH]c4ccccc34)cs2)CC1. The van der Waals surface area contributed by atoms with Crippen molar-refractivity contribution in [2.75, 3.05) is 18.4 Å². The Morgan fingerprint density at radius 3 is 2.70 bits per heavy atom. The summed E-state index contributed by atoms with van der Waals surface area (Å²) in [5.74, 6) is -0.178. The molecule has 0 saturated carbocycles. The standard InChI is InChI=1S/C22H26N4O3S/c1-22(2,3)29-21(28)26-10-8-14(9-11-26)19(27)25-20-24-18(13-30-20)16-12-23-17-7-5-4-6-15(16)17/h4-7,12-14,23H,8-11H2,1-3H3,(H,24,25,27). The fourth-order valence-corrected chi connectivity index (χ4v) is 4.31. The summed E-state index contributed by atoms with van der Waals surface area (Å²) in [5, 5.41) is 6.60. The maximum Gasteiger partial charge on any atom is 0.410 e. The molecule has 2 aromatic heterocycles. The Kier molecular flexibility index (Phi) is 5.51. The van der Waals surface area contributed by atoms with Gasteiger partial charge in [0.05, 0.1) is 5.69 Å². The van der Waals surface area contributed by atoms with Gasteiger partial charge in [-0.1, -0.05) is 18.2 Å². The van der Waals surface area contributed by atoms with E-state index in [4.69, 9.17) is 4.74 Å². The summed E-state index contributed by atoms with van der Waals surface area (Å²) in [6, 6.07) is 8.07. The summed E-state index contributed by atoms with van der Waals surface area (Å²) in [5.41, 5.74) is 2.40. The fraction of sp³-hybridized carbons (Fsp3) is 0.409. The van der Waals surface area contributed by atoms with Crippen molar-refractivity contribution < 1.29 is 14.3 Å². The predicted octanol–water partition coefficient (Wildman–Crippen LogP) is 4.88. The van der Waals surface area contributed by atoms with Crippen molar-refractivity contribution in [2.24, 2.45) is 5.92 Å². The molecule has 0 spiro atoms. The Bertz CT molecular complexity index is 1060. The molecular weight excluding hydrogens is 400 g/mol. The van der Waals surface area contributed by atoms with E-state index >= 15 is 0 Å². The zero-order valence-electron chi connectivity index (χ0n) is 17.4. The number of ether oxygens (including phenoxy) is 1. The van der Waals surface area contributed by atoms with Crippen LogP contribution in [0.2, 0.25) is 0 Å². The van der Waals surface area contributed by atoms with Crippen molar-refractivity contribution in [1.82, 2.24) is 14.9 Å². The minimum atomic E-state index is -0.515. The van der Waals surface area contributed by atoms with Gasteiger partial charge in [-0.3, -0.25) is 4.79 Å². The van der Waals surface area contributed by atoms with Crippen molar-refractivity contribution in [2.45, 2.75) is 39.2 Å². The van der Waals surface area contributed by atoms with Crippen molar-refractivity contribution in [1.29, 1.82) is 0 Å². The number of nitrogens with zero attached hydrogens (tertiary/aromatic N) is 2. The number of H-pyrrole nitrogens is 1. The highest BCUT2D eigenvalue weighted by Crippen LogP contribution is 2.31. The second-order valence-corrected chi connectivity index (χ2v) is 9.37. The molecule has 30 heavy (non-hydrogen) atoms. The van der Waals surface area contributed by atoms with Crippen molar-refractivity contribution >= 4 is 39.4 Å². The van der Waals surface area contributed by atoms with E-state index < -0.39 is 5.60 Å². The highest BCUT2D eigenvalue weighted by atomic mass is 32.1. The third-order valence-electron chi connectivity index (χ3n) is 5.12. The number of anilines is 1. The van der Waals surface area contributed by atoms with Crippen LogP contribution >= 0.6 is 11.3 Å². The van der Waals surface area contributed by atoms with Crippen molar-refractivity contribution in [3.63, 3.8) is 0 Å². The number of carbonyl (C=O) groups is 2. The lowest BCUT2D eigenvalue weighted by atomic mass is 9.96. The van der Waals surface area contributed by atoms with Crippen LogP contribution in [0.25, 0.3) is 22.2 Å². The van der Waals surface area contributed by atoms with Gasteiger partial charge in [0.1, 0.15) is 5.60 Å². The lowest BCUT2D eigenvalue weighted by molar-refractivity contribution is -0.121. The number of aromatic amines is 1. The van der Waals surface area contributed by atoms with E-state index in [1.807, 2.05) is 50.5 Å². The molecule has 0 bridgehead atoms. The minimum absolute atomic E-state index is 0.0429. The van der Waals surface area contributed by atoms with Gasteiger partial charge >= 0.3 is 6.09 Å². The number of benzene rings is 1. The highest BCUT2D eigenvalue weighted by molar-refractivity contribution is 7.14. The first kappa shape index (κ1) is 20.4. The minimum Gasteiger partial charge on any atom is -0.444 e. The predicted molar refractivity (Wildman–Crippen MR) is 119 cm³/mol. The van der Waals surface area contributed by atoms with Crippen LogP contribution in [-0.4, -0.2) is 45.6 Å². The molecule has 8 heteroatoms. The van der Waals surface area contributed by atoms with E-state index in [2.05, 4.69) is 21.4 Å². The normalized spacial score (nSPS) is 15.4. The van der Waals surface area contributed by atoms with E-state index in [9.17, 15) is 9.59 Å². The van der Waals surface area contributed by atoms with E-state index in [1.165, 1.54) is 11.3 Å². The van der Waals surface area contributed by atoms with Gasteiger partial charge in [-0.2, -0.15) is 0 Å². The van der Waals surface area contributed by atoms with E-state index in [-0.39, 0.29) is 17.9 Å². The summed E-state index contributed by atoms with van der Waals surface area (Å²) in [7, 11) is 0. The lowest BCUT2D eigenvalue weighted by Gasteiger charge is -2.32. The summed E-state index contributed by atoms with van der Waals surface area (Å²) < 4.78 is 5.41. The first-order chi connectivity index (χ1) is 14.3. The molecule has 0 atom stereocenters. The zero-order chi connectivity index (χ0) is 21.3.